The second kappa shape index (κ2) is 6.73. The Kier molecular flexibility index (Phi) is 4.83. The number of aliphatic hydroxyl groups is 1. The Labute approximate surface area is 143 Å². The molecule has 5 nitrogen and oxygen atoms in total. The van der Waals surface area contributed by atoms with Crippen LogP contribution in [0.15, 0.2) is 30.3 Å². The standard InChI is InChI=1S/C19H27NO4/c1-18(2)14-20(17(21)11-19(22)9-6-10-19)12-16(24-18)13-23-15-7-4-3-5-8-15/h3-5,7-8,16,22H,6,9-14H2,1-2H3. The van der Waals surface area contributed by atoms with Crippen molar-refractivity contribution in [2.24, 2.45) is 0 Å². The number of carbonyl (C=O) groups excluding carboxylic acids is 1. The SMILES string of the molecule is CC1(C)CN(C(=O)CC2(O)CCC2)CC(COc2ccccc2)O1. The molecular weight excluding hydrogens is 306 g/mol. The smallest absolute Gasteiger partial charge is 0.225 e. The summed E-state index contributed by atoms with van der Waals surface area (Å²) in [6.07, 6.45) is 2.51. The van der Waals surface area contributed by atoms with Crippen molar-refractivity contribution in [2.45, 2.75) is 56.8 Å². The van der Waals surface area contributed by atoms with Crippen LogP contribution in [0.4, 0.5) is 0 Å². The van der Waals surface area contributed by atoms with Crippen LogP contribution < -0.4 is 4.74 Å². The van der Waals surface area contributed by atoms with E-state index in [0.717, 1.165) is 25.0 Å². The first-order chi connectivity index (χ1) is 11.4. The van der Waals surface area contributed by atoms with Gasteiger partial charge in [-0.25, -0.2) is 0 Å². The summed E-state index contributed by atoms with van der Waals surface area (Å²) in [5, 5.41) is 10.3. The number of morpholine rings is 1. The first kappa shape index (κ1) is 17.2. The maximum absolute atomic E-state index is 12.6. The number of rotatable bonds is 5. The predicted molar refractivity (Wildman–Crippen MR) is 90.9 cm³/mol. The van der Waals surface area contributed by atoms with Gasteiger partial charge in [0.25, 0.3) is 0 Å². The molecule has 5 heteroatoms. The number of hydrogen-bond acceptors (Lipinski definition) is 4. The van der Waals surface area contributed by atoms with Gasteiger partial charge in [-0.3, -0.25) is 4.79 Å². The zero-order valence-electron chi connectivity index (χ0n) is 14.5. The van der Waals surface area contributed by atoms with E-state index >= 15 is 0 Å². The van der Waals surface area contributed by atoms with Crippen molar-refractivity contribution in [3.05, 3.63) is 30.3 Å². The van der Waals surface area contributed by atoms with Gasteiger partial charge < -0.3 is 19.5 Å². The third-order valence-corrected chi connectivity index (χ3v) is 4.78. The first-order valence-corrected chi connectivity index (χ1v) is 8.71. The van der Waals surface area contributed by atoms with Crippen LogP contribution in [0, 0.1) is 0 Å². The van der Waals surface area contributed by atoms with Gasteiger partial charge in [0.1, 0.15) is 18.5 Å². The summed E-state index contributed by atoms with van der Waals surface area (Å²) in [7, 11) is 0. The van der Waals surface area contributed by atoms with Crippen molar-refractivity contribution in [3.8, 4) is 5.75 Å². The summed E-state index contributed by atoms with van der Waals surface area (Å²) >= 11 is 0. The van der Waals surface area contributed by atoms with Crippen molar-refractivity contribution in [1.29, 1.82) is 0 Å². The highest BCUT2D eigenvalue weighted by Crippen LogP contribution is 2.35. The van der Waals surface area contributed by atoms with E-state index in [1.807, 2.05) is 49.1 Å². The molecule has 1 N–H and O–H groups in total. The monoisotopic (exact) mass is 333 g/mol. The molecule has 1 aromatic rings. The number of benzene rings is 1. The number of para-hydroxylation sites is 1. The molecule has 24 heavy (non-hydrogen) atoms. The fourth-order valence-corrected chi connectivity index (χ4v) is 3.43. The van der Waals surface area contributed by atoms with Gasteiger partial charge in [0.05, 0.1) is 24.2 Å². The van der Waals surface area contributed by atoms with E-state index in [4.69, 9.17) is 9.47 Å². The number of ether oxygens (including phenoxy) is 2. The molecule has 1 saturated carbocycles. The molecule has 3 rings (SSSR count). The first-order valence-electron chi connectivity index (χ1n) is 8.71. The quantitative estimate of drug-likeness (QED) is 0.899. The minimum Gasteiger partial charge on any atom is -0.491 e. The fraction of sp³-hybridized carbons (Fsp3) is 0.632. The van der Waals surface area contributed by atoms with Crippen LogP contribution in [0.3, 0.4) is 0 Å². The molecule has 2 fully saturated rings. The minimum absolute atomic E-state index is 0.0123. The van der Waals surface area contributed by atoms with Gasteiger partial charge in [-0.15, -0.1) is 0 Å². The Balaban J connectivity index is 1.58. The number of amides is 1. The van der Waals surface area contributed by atoms with E-state index < -0.39 is 11.2 Å². The lowest BCUT2D eigenvalue weighted by Gasteiger charge is -2.44. The molecule has 1 amide bonds. The van der Waals surface area contributed by atoms with Crippen LogP contribution in [0.1, 0.15) is 39.5 Å². The molecule has 0 bridgehead atoms. The van der Waals surface area contributed by atoms with E-state index in [0.29, 0.717) is 19.7 Å². The summed E-state index contributed by atoms with van der Waals surface area (Å²) < 4.78 is 11.9. The molecule has 0 radical (unpaired) electrons. The highest BCUT2D eigenvalue weighted by Gasteiger charge is 2.41. The van der Waals surface area contributed by atoms with Gasteiger partial charge in [-0.05, 0) is 45.2 Å². The number of nitrogens with zero attached hydrogens (tertiary/aromatic N) is 1. The topological polar surface area (TPSA) is 59.0 Å². The van der Waals surface area contributed by atoms with E-state index in [1.54, 1.807) is 0 Å². The van der Waals surface area contributed by atoms with Crippen LogP contribution in [0.2, 0.25) is 0 Å². The number of carbonyl (C=O) groups is 1. The highest BCUT2D eigenvalue weighted by atomic mass is 16.5. The Morgan fingerprint density at radius 1 is 1.33 bits per heavy atom. The Hall–Kier alpha value is -1.59. The van der Waals surface area contributed by atoms with Crippen LogP contribution >= 0.6 is 0 Å². The second-order valence-corrected chi connectivity index (χ2v) is 7.65. The molecule has 1 unspecified atom stereocenters. The van der Waals surface area contributed by atoms with Crippen molar-refractivity contribution in [1.82, 2.24) is 4.90 Å². The average Bonchev–Trinajstić information content (AvgIpc) is 2.51. The van der Waals surface area contributed by atoms with Crippen molar-refractivity contribution in [3.63, 3.8) is 0 Å². The van der Waals surface area contributed by atoms with E-state index in [-0.39, 0.29) is 18.4 Å². The molecule has 1 heterocycles. The molecule has 0 spiro atoms. The summed E-state index contributed by atoms with van der Waals surface area (Å²) in [5.74, 6) is 0.810. The number of hydrogen-bond donors (Lipinski definition) is 1. The lowest BCUT2D eigenvalue weighted by molar-refractivity contribution is -0.170. The summed E-state index contributed by atoms with van der Waals surface area (Å²) in [5.41, 5.74) is -1.20. The van der Waals surface area contributed by atoms with Gasteiger partial charge in [-0.1, -0.05) is 18.2 Å². The maximum atomic E-state index is 12.6. The summed E-state index contributed by atoms with van der Waals surface area (Å²) in [6.45, 7) is 5.43. The average molecular weight is 333 g/mol. The minimum atomic E-state index is -0.782. The second-order valence-electron chi connectivity index (χ2n) is 7.65. The molecule has 1 aliphatic carbocycles. The zero-order valence-corrected chi connectivity index (χ0v) is 14.5. The molecule has 1 aliphatic heterocycles. The molecule has 1 atom stereocenters. The van der Waals surface area contributed by atoms with Crippen molar-refractivity contribution in [2.75, 3.05) is 19.7 Å². The van der Waals surface area contributed by atoms with Crippen molar-refractivity contribution >= 4 is 5.91 Å². The van der Waals surface area contributed by atoms with E-state index in [9.17, 15) is 9.90 Å². The van der Waals surface area contributed by atoms with E-state index in [2.05, 4.69) is 0 Å². The summed E-state index contributed by atoms with van der Waals surface area (Å²) in [6, 6.07) is 9.61. The van der Waals surface area contributed by atoms with Gasteiger partial charge in [0.15, 0.2) is 0 Å². The van der Waals surface area contributed by atoms with E-state index in [1.165, 1.54) is 0 Å². The third kappa shape index (κ3) is 4.28. The fourth-order valence-electron chi connectivity index (χ4n) is 3.43. The van der Waals surface area contributed by atoms with Crippen molar-refractivity contribution < 1.29 is 19.4 Å². The lowest BCUT2D eigenvalue weighted by atomic mass is 9.77. The predicted octanol–water partition coefficient (Wildman–Crippen LogP) is 2.38. The molecule has 0 aromatic heterocycles. The molecule has 1 saturated heterocycles. The third-order valence-electron chi connectivity index (χ3n) is 4.78. The van der Waals surface area contributed by atoms with Crippen LogP contribution in [0.25, 0.3) is 0 Å². The lowest BCUT2D eigenvalue weighted by Crippen LogP contribution is -2.57. The Bertz CT molecular complexity index is 568. The van der Waals surface area contributed by atoms with Crippen LogP contribution in [-0.4, -0.2) is 52.9 Å². The van der Waals surface area contributed by atoms with Gasteiger partial charge >= 0.3 is 0 Å². The largest absolute Gasteiger partial charge is 0.491 e. The van der Waals surface area contributed by atoms with Crippen LogP contribution in [0.5, 0.6) is 5.75 Å². The normalized spacial score (nSPS) is 25.0. The molecular formula is C19H27NO4. The maximum Gasteiger partial charge on any atom is 0.225 e. The zero-order chi connectivity index (χ0) is 17.2. The molecule has 2 aliphatic rings. The molecule has 132 valence electrons. The highest BCUT2D eigenvalue weighted by molar-refractivity contribution is 5.77. The van der Waals surface area contributed by atoms with Gasteiger partial charge in [-0.2, -0.15) is 0 Å². The Morgan fingerprint density at radius 3 is 2.67 bits per heavy atom. The molecule has 1 aromatic carbocycles. The summed E-state index contributed by atoms with van der Waals surface area (Å²) in [4.78, 5) is 14.4. The Morgan fingerprint density at radius 2 is 2.04 bits per heavy atom. The van der Waals surface area contributed by atoms with Gasteiger partial charge in [0, 0.05) is 6.54 Å². The van der Waals surface area contributed by atoms with Gasteiger partial charge in [0.2, 0.25) is 5.91 Å². The van der Waals surface area contributed by atoms with Crippen LogP contribution in [-0.2, 0) is 9.53 Å².